The number of nitro benzene ring substituents is 1. The summed E-state index contributed by atoms with van der Waals surface area (Å²) in [5.41, 5.74) is 3.84. The number of thioether (sulfide) groups is 1. The number of nitrogens with one attached hydrogen (secondary N) is 2. The molecule has 1 amide bonds. The fraction of sp³-hybridized carbons (Fsp3) is 0.0625. The van der Waals surface area contributed by atoms with Gasteiger partial charge in [0.15, 0.2) is 0 Å². The van der Waals surface area contributed by atoms with Crippen molar-refractivity contribution in [2.24, 2.45) is 5.10 Å². The standard InChI is InChI=1S/C16H15N9O3S/c17-24-15(21-19-9-11-2-1-7-18-8-11)22-23-16(24)29-10-14(26)20-12-3-5-13(6-4-12)25(27)28/h1-9H,10,17H2,(H,20,26)(H,21,22)/b19-9+. The van der Waals surface area contributed by atoms with Gasteiger partial charge in [-0.2, -0.15) is 5.10 Å². The van der Waals surface area contributed by atoms with Gasteiger partial charge in [-0.15, -0.1) is 10.2 Å². The molecule has 0 unspecified atom stereocenters. The molecule has 0 radical (unpaired) electrons. The average Bonchev–Trinajstić information content (AvgIpc) is 3.07. The summed E-state index contributed by atoms with van der Waals surface area (Å²) < 4.78 is 1.17. The van der Waals surface area contributed by atoms with Crippen LogP contribution in [0, 0.1) is 10.1 Å². The summed E-state index contributed by atoms with van der Waals surface area (Å²) in [5, 5.41) is 25.3. The van der Waals surface area contributed by atoms with E-state index in [9.17, 15) is 14.9 Å². The molecule has 0 saturated heterocycles. The Morgan fingerprint density at radius 1 is 1.31 bits per heavy atom. The van der Waals surface area contributed by atoms with Crippen LogP contribution in [0.1, 0.15) is 5.56 Å². The first kappa shape index (κ1) is 19.8. The zero-order chi connectivity index (χ0) is 20.6. The van der Waals surface area contributed by atoms with E-state index in [4.69, 9.17) is 5.84 Å². The van der Waals surface area contributed by atoms with Gasteiger partial charge in [-0.05, 0) is 18.2 Å². The van der Waals surface area contributed by atoms with E-state index in [0.717, 1.165) is 17.3 Å². The van der Waals surface area contributed by atoms with Crippen molar-refractivity contribution < 1.29 is 9.72 Å². The minimum absolute atomic E-state index is 0.0191. The first-order chi connectivity index (χ1) is 14.0. The maximum absolute atomic E-state index is 12.0. The van der Waals surface area contributed by atoms with Gasteiger partial charge in [-0.3, -0.25) is 19.9 Å². The normalized spacial score (nSPS) is 10.8. The number of hydrazone groups is 1. The molecule has 3 aromatic rings. The number of benzene rings is 1. The number of carbonyl (C=O) groups is 1. The van der Waals surface area contributed by atoms with Crippen molar-refractivity contribution in [2.75, 3.05) is 22.3 Å². The molecule has 148 valence electrons. The number of nitrogens with two attached hydrogens (primary N) is 1. The van der Waals surface area contributed by atoms with Crippen LogP contribution in [0.3, 0.4) is 0 Å². The molecule has 2 heterocycles. The Kier molecular flexibility index (Phi) is 6.32. The lowest BCUT2D eigenvalue weighted by molar-refractivity contribution is -0.384. The molecule has 0 aliphatic carbocycles. The molecular formula is C16H15N9O3S. The molecule has 1 aromatic carbocycles. The smallest absolute Gasteiger partial charge is 0.269 e. The van der Waals surface area contributed by atoms with Gasteiger partial charge >= 0.3 is 0 Å². The summed E-state index contributed by atoms with van der Waals surface area (Å²) in [4.78, 5) is 26.1. The van der Waals surface area contributed by atoms with Crippen molar-refractivity contribution in [1.29, 1.82) is 0 Å². The van der Waals surface area contributed by atoms with Gasteiger partial charge < -0.3 is 11.2 Å². The summed E-state index contributed by atoms with van der Waals surface area (Å²) in [7, 11) is 0. The summed E-state index contributed by atoms with van der Waals surface area (Å²) in [6.45, 7) is 0. The number of rotatable bonds is 8. The molecule has 13 heteroatoms. The van der Waals surface area contributed by atoms with Gasteiger partial charge in [-0.1, -0.05) is 17.8 Å². The first-order valence-corrected chi connectivity index (χ1v) is 9.08. The van der Waals surface area contributed by atoms with Crippen LogP contribution in [0.25, 0.3) is 0 Å². The highest BCUT2D eigenvalue weighted by molar-refractivity contribution is 7.99. The van der Waals surface area contributed by atoms with Gasteiger partial charge in [0.2, 0.25) is 11.1 Å². The Hall–Kier alpha value is -4.00. The minimum Gasteiger partial charge on any atom is -0.334 e. The number of nitrogen functional groups attached to an aromatic ring is 1. The molecule has 2 aromatic heterocycles. The van der Waals surface area contributed by atoms with Gasteiger partial charge in [-0.25, -0.2) is 10.1 Å². The number of amides is 1. The van der Waals surface area contributed by atoms with Crippen molar-refractivity contribution in [2.45, 2.75) is 5.16 Å². The van der Waals surface area contributed by atoms with Gasteiger partial charge in [0, 0.05) is 35.8 Å². The van der Waals surface area contributed by atoms with Gasteiger partial charge in [0.1, 0.15) is 0 Å². The molecule has 4 N–H and O–H groups in total. The highest BCUT2D eigenvalue weighted by atomic mass is 32.2. The van der Waals surface area contributed by atoms with Crippen LogP contribution < -0.4 is 16.6 Å². The second-order valence-corrected chi connectivity index (χ2v) is 6.42. The Labute approximate surface area is 168 Å². The van der Waals surface area contributed by atoms with Crippen LogP contribution in [-0.2, 0) is 4.79 Å². The number of non-ortho nitro benzene ring substituents is 1. The van der Waals surface area contributed by atoms with Crippen molar-refractivity contribution >= 4 is 41.2 Å². The van der Waals surface area contributed by atoms with E-state index in [1.165, 1.54) is 28.9 Å². The third-order valence-electron chi connectivity index (χ3n) is 3.42. The van der Waals surface area contributed by atoms with Crippen LogP contribution in [0.4, 0.5) is 17.3 Å². The average molecular weight is 413 g/mol. The third-order valence-corrected chi connectivity index (χ3v) is 4.36. The Balaban J connectivity index is 1.51. The molecule has 0 saturated carbocycles. The van der Waals surface area contributed by atoms with E-state index < -0.39 is 4.92 Å². The van der Waals surface area contributed by atoms with E-state index in [1.807, 2.05) is 6.07 Å². The summed E-state index contributed by atoms with van der Waals surface area (Å²) in [5.74, 6) is 5.79. The maximum Gasteiger partial charge on any atom is 0.269 e. The van der Waals surface area contributed by atoms with Gasteiger partial charge in [0.05, 0.1) is 16.9 Å². The lowest BCUT2D eigenvalue weighted by atomic mass is 10.3. The Morgan fingerprint density at radius 2 is 2.10 bits per heavy atom. The fourth-order valence-corrected chi connectivity index (χ4v) is 2.72. The van der Waals surface area contributed by atoms with E-state index in [1.54, 1.807) is 24.7 Å². The van der Waals surface area contributed by atoms with Crippen molar-refractivity contribution in [3.8, 4) is 0 Å². The van der Waals surface area contributed by atoms with Crippen molar-refractivity contribution in [3.63, 3.8) is 0 Å². The quantitative estimate of drug-likeness (QED) is 0.163. The van der Waals surface area contributed by atoms with Crippen molar-refractivity contribution in [1.82, 2.24) is 19.9 Å². The van der Waals surface area contributed by atoms with Crippen LogP contribution >= 0.6 is 11.8 Å². The van der Waals surface area contributed by atoms with Crippen LogP contribution in [-0.4, -0.2) is 42.7 Å². The number of aromatic nitrogens is 4. The number of nitro groups is 1. The van der Waals surface area contributed by atoms with Crippen LogP contribution in [0.15, 0.2) is 59.0 Å². The Morgan fingerprint density at radius 3 is 2.79 bits per heavy atom. The van der Waals surface area contributed by atoms with Crippen LogP contribution in [0.2, 0.25) is 0 Å². The molecule has 29 heavy (non-hydrogen) atoms. The highest BCUT2D eigenvalue weighted by Crippen LogP contribution is 2.18. The fourth-order valence-electron chi connectivity index (χ4n) is 2.06. The molecule has 0 spiro atoms. The lowest BCUT2D eigenvalue weighted by Gasteiger charge is -2.05. The van der Waals surface area contributed by atoms with E-state index >= 15 is 0 Å². The molecule has 3 rings (SSSR count). The predicted octanol–water partition coefficient (Wildman–Crippen LogP) is 1.47. The summed E-state index contributed by atoms with van der Waals surface area (Å²) in [6.07, 6.45) is 4.85. The monoisotopic (exact) mass is 413 g/mol. The zero-order valence-electron chi connectivity index (χ0n) is 14.8. The molecular weight excluding hydrogens is 398 g/mol. The lowest BCUT2D eigenvalue weighted by Crippen LogP contribution is -2.16. The van der Waals surface area contributed by atoms with Gasteiger partial charge in [0.25, 0.3) is 11.6 Å². The Bertz CT molecular complexity index is 1020. The summed E-state index contributed by atoms with van der Waals surface area (Å²) >= 11 is 1.08. The topological polar surface area (TPSA) is 166 Å². The number of hydrogen-bond acceptors (Lipinski definition) is 10. The molecule has 0 bridgehead atoms. The molecule has 0 fully saturated rings. The van der Waals surface area contributed by atoms with E-state index in [-0.39, 0.29) is 23.3 Å². The largest absolute Gasteiger partial charge is 0.334 e. The molecule has 0 atom stereocenters. The van der Waals surface area contributed by atoms with E-state index in [0.29, 0.717) is 10.8 Å². The zero-order valence-corrected chi connectivity index (χ0v) is 15.6. The number of hydrogen-bond donors (Lipinski definition) is 3. The number of nitrogens with zero attached hydrogens (tertiary/aromatic N) is 6. The van der Waals surface area contributed by atoms with E-state index in [2.05, 4.69) is 31.0 Å². The van der Waals surface area contributed by atoms with Crippen LogP contribution in [0.5, 0.6) is 0 Å². The second kappa shape index (κ2) is 9.27. The van der Waals surface area contributed by atoms with Crippen molar-refractivity contribution in [3.05, 3.63) is 64.5 Å². The third kappa shape index (κ3) is 5.49. The number of anilines is 2. The highest BCUT2D eigenvalue weighted by Gasteiger charge is 2.12. The SMILES string of the molecule is Nn1c(N/N=C/c2cccnc2)nnc1SCC(=O)Nc1ccc([N+](=O)[O-])cc1. The molecule has 0 aliphatic rings. The number of carbonyl (C=O) groups excluding carboxylic acids is 1. The number of pyridine rings is 1. The molecule has 0 aliphatic heterocycles. The minimum atomic E-state index is -0.512. The second-order valence-electron chi connectivity index (χ2n) is 5.47. The molecule has 12 nitrogen and oxygen atoms in total. The predicted molar refractivity (Wildman–Crippen MR) is 108 cm³/mol. The maximum atomic E-state index is 12.0. The first-order valence-electron chi connectivity index (χ1n) is 8.09. The summed E-state index contributed by atoms with van der Waals surface area (Å²) in [6, 6.07) is 9.13.